The summed E-state index contributed by atoms with van der Waals surface area (Å²) in [5.41, 5.74) is 5.42. The molecule has 0 radical (unpaired) electrons. The zero-order chi connectivity index (χ0) is 17.6. The van der Waals surface area contributed by atoms with Gasteiger partial charge < -0.3 is 24.7 Å². The van der Waals surface area contributed by atoms with Gasteiger partial charge in [-0.15, -0.1) is 0 Å². The van der Waals surface area contributed by atoms with Gasteiger partial charge >= 0.3 is 5.97 Å². The van der Waals surface area contributed by atoms with E-state index in [0.29, 0.717) is 19.1 Å². The number of rotatable bonds is 6. The van der Waals surface area contributed by atoms with Crippen molar-refractivity contribution in [1.29, 1.82) is 0 Å². The average molecular weight is 331 g/mol. The van der Waals surface area contributed by atoms with Gasteiger partial charge in [-0.05, 0) is 33.1 Å². The Morgan fingerprint density at radius 1 is 1.35 bits per heavy atom. The number of ether oxygens (including phenoxy) is 4. The maximum absolute atomic E-state index is 12.0. The molecule has 1 aliphatic rings. The van der Waals surface area contributed by atoms with Gasteiger partial charge in [-0.1, -0.05) is 20.8 Å². The highest BCUT2D eigenvalue weighted by Crippen LogP contribution is 2.24. The van der Waals surface area contributed by atoms with Gasteiger partial charge in [0.15, 0.2) is 0 Å². The first-order valence-corrected chi connectivity index (χ1v) is 8.49. The lowest BCUT2D eigenvalue weighted by molar-refractivity contribution is -0.193. The molecule has 0 bridgehead atoms. The molecule has 0 aromatic carbocycles. The zero-order valence-corrected chi connectivity index (χ0v) is 15.3. The van der Waals surface area contributed by atoms with Crippen LogP contribution >= 0.6 is 0 Å². The molecule has 0 saturated carbocycles. The van der Waals surface area contributed by atoms with Crippen molar-refractivity contribution in [3.63, 3.8) is 0 Å². The third-order valence-corrected chi connectivity index (χ3v) is 3.96. The van der Waals surface area contributed by atoms with E-state index >= 15 is 0 Å². The fourth-order valence-corrected chi connectivity index (χ4v) is 2.20. The summed E-state index contributed by atoms with van der Waals surface area (Å²) in [6.07, 6.45) is -0.339. The summed E-state index contributed by atoms with van der Waals surface area (Å²) in [5.74, 6) is -0.0764. The molecule has 4 unspecified atom stereocenters. The largest absolute Gasteiger partial charge is 0.459 e. The van der Waals surface area contributed by atoms with Gasteiger partial charge in [0.1, 0.15) is 24.4 Å². The maximum Gasteiger partial charge on any atom is 0.325 e. The Morgan fingerprint density at radius 3 is 2.57 bits per heavy atom. The molecule has 136 valence electrons. The summed E-state index contributed by atoms with van der Waals surface area (Å²) in [5, 5.41) is 0. The molecule has 1 fully saturated rings. The average Bonchev–Trinajstić information content (AvgIpc) is 2.51. The van der Waals surface area contributed by atoms with E-state index < -0.39 is 24.2 Å². The molecule has 1 aliphatic heterocycles. The Kier molecular flexibility index (Phi) is 7.94. The first kappa shape index (κ1) is 20.4. The molecule has 1 heterocycles. The van der Waals surface area contributed by atoms with Crippen LogP contribution in [0, 0.1) is 5.92 Å². The second-order valence-electron chi connectivity index (χ2n) is 7.25. The van der Waals surface area contributed by atoms with Crippen molar-refractivity contribution in [2.75, 3.05) is 19.8 Å². The summed E-state index contributed by atoms with van der Waals surface area (Å²) < 4.78 is 23.3. The Labute approximate surface area is 140 Å². The van der Waals surface area contributed by atoms with Crippen LogP contribution in [0.25, 0.3) is 0 Å². The van der Waals surface area contributed by atoms with E-state index in [-0.39, 0.29) is 18.3 Å². The minimum absolute atomic E-state index is 0.122. The fraction of sp³-hybridized carbons (Fsp3) is 0.941. The molecule has 4 atom stereocenters. The number of hydrogen-bond donors (Lipinski definition) is 1. The van der Waals surface area contributed by atoms with Crippen LogP contribution in [0.2, 0.25) is 0 Å². The Bertz CT molecular complexity index is 372. The van der Waals surface area contributed by atoms with E-state index in [0.717, 1.165) is 6.42 Å². The SMILES string of the molecule is CCC(C)(C)OC1C(C)OC(=O)C(N)COCC1OCC(C)C. The van der Waals surface area contributed by atoms with Gasteiger partial charge in [-0.25, -0.2) is 0 Å². The minimum atomic E-state index is -0.777. The second kappa shape index (κ2) is 8.97. The van der Waals surface area contributed by atoms with Crippen molar-refractivity contribution in [3.05, 3.63) is 0 Å². The smallest absolute Gasteiger partial charge is 0.325 e. The fourth-order valence-electron chi connectivity index (χ4n) is 2.20. The van der Waals surface area contributed by atoms with Crippen molar-refractivity contribution < 1.29 is 23.7 Å². The van der Waals surface area contributed by atoms with Gasteiger partial charge in [-0.3, -0.25) is 4.79 Å². The monoisotopic (exact) mass is 331 g/mol. The van der Waals surface area contributed by atoms with E-state index in [2.05, 4.69) is 20.8 Å². The molecule has 6 nitrogen and oxygen atoms in total. The molecule has 1 rings (SSSR count). The van der Waals surface area contributed by atoms with Crippen LogP contribution in [-0.2, 0) is 23.7 Å². The molecule has 23 heavy (non-hydrogen) atoms. The van der Waals surface area contributed by atoms with Crippen molar-refractivity contribution in [2.45, 2.75) is 77.9 Å². The number of cyclic esters (lactones) is 1. The van der Waals surface area contributed by atoms with Crippen LogP contribution in [0.15, 0.2) is 0 Å². The van der Waals surface area contributed by atoms with Gasteiger partial charge in [-0.2, -0.15) is 0 Å². The van der Waals surface area contributed by atoms with Crippen LogP contribution in [0.1, 0.15) is 48.0 Å². The van der Waals surface area contributed by atoms with E-state index in [9.17, 15) is 4.79 Å². The van der Waals surface area contributed by atoms with Crippen LogP contribution in [0.3, 0.4) is 0 Å². The quantitative estimate of drug-likeness (QED) is 0.749. The molecule has 0 aromatic rings. The van der Waals surface area contributed by atoms with E-state index in [1.54, 1.807) is 0 Å². The topological polar surface area (TPSA) is 80.0 Å². The maximum atomic E-state index is 12.0. The first-order valence-electron chi connectivity index (χ1n) is 8.49. The molecule has 6 heteroatoms. The summed E-state index contributed by atoms with van der Waals surface area (Å²) in [6.45, 7) is 13.1. The number of hydrogen-bond acceptors (Lipinski definition) is 6. The Morgan fingerprint density at radius 2 is 2.00 bits per heavy atom. The van der Waals surface area contributed by atoms with E-state index in [1.165, 1.54) is 0 Å². The van der Waals surface area contributed by atoms with Crippen molar-refractivity contribution >= 4 is 5.97 Å². The predicted molar refractivity (Wildman–Crippen MR) is 88.2 cm³/mol. The number of carbonyl (C=O) groups is 1. The highest BCUT2D eigenvalue weighted by molar-refractivity contribution is 5.75. The number of carbonyl (C=O) groups excluding carboxylic acids is 1. The molecule has 0 aromatic heterocycles. The third kappa shape index (κ3) is 6.75. The molecule has 1 saturated heterocycles. The molecule has 2 N–H and O–H groups in total. The van der Waals surface area contributed by atoms with E-state index in [1.807, 2.05) is 20.8 Å². The first-order chi connectivity index (χ1) is 10.7. The Balaban J connectivity index is 2.95. The van der Waals surface area contributed by atoms with E-state index in [4.69, 9.17) is 24.7 Å². The predicted octanol–water partition coefficient (Wildman–Crippen LogP) is 1.89. The summed E-state index contributed by atoms with van der Waals surface area (Å²) >= 11 is 0. The lowest BCUT2D eigenvalue weighted by atomic mass is 10.0. The van der Waals surface area contributed by atoms with Crippen molar-refractivity contribution in [1.82, 2.24) is 0 Å². The molecular formula is C17H33NO5. The van der Waals surface area contributed by atoms with Crippen LogP contribution in [0.4, 0.5) is 0 Å². The van der Waals surface area contributed by atoms with Crippen LogP contribution in [0.5, 0.6) is 0 Å². The highest BCUT2D eigenvalue weighted by Gasteiger charge is 2.37. The van der Waals surface area contributed by atoms with Gasteiger partial charge in [0.2, 0.25) is 0 Å². The molecular weight excluding hydrogens is 298 g/mol. The number of nitrogens with two attached hydrogens (primary N) is 1. The lowest BCUT2D eigenvalue weighted by Gasteiger charge is -2.37. The van der Waals surface area contributed by atoms with Gasteiger partial charge in [0.05, 0.1) is 18.8 Å². The number of esters is 1. The van der Waals surface area contributed by atoms with Gasteiger partial charge in [0.25, 0.3) is 0 Å². The second-order valence-corrected chi connectivity index (χ2v) is 7.25. The summed E-state index contributed by atoms with van der Waals surface area (Å²) in [4.78, 5) is 12.0. The van der Waals surface area contributed by atoms with Crippen LogP contribution in [-0.4, -0.2) is 55.7 Å². The zero-order valence-electron chi connectivity index (χ0n) is 15.3. The highest BCUT2D eigenvalue weighted by atomic mass is 16.6. The lowest BCUT2D eigenvalue weighted by Crippen LogP contribution is -2.48. The molecule has 0 aliphatic carbocycles. The third-order valence-electron chi connectivity index (χ3n) is 3.96. The van der Waals surface area contributed by atoms with Crippen molar-refractivity contribution in [3.8, 4) is 0 Å². The standard InChI is InChI=1S/C17H33NO5/c1-7-17(5,6)23-15-12(4)22-16(19)13(18)9-20-10-14(15)21-8-11(2)3/h11-15H,7-10,18H2,1-6H3. The summed E-state index contributed by atoms with van der Waals surface area (Å²) in [6, 6.07) is -0.777. The Hall–Kier alpha value is -0.690. The van der Waals surface area contributed by atoms with Crippen molar-refractivity contribution in [2.24, 2.45) is 11.7 Å². The summed E-state index contributed by atoms with van der Waals surface area (Å²) in [7, 11) is 0. The minimum Gasteiger partial charge on any atom is -0.459 e. The molecule has 0 amide bonds. The van der Waals surface area contributed by atoms with Gasteiger partial charge in [0, 0.05) is 6.61 Å². The molecule has 0 spiro atoms. The normalized spacial score (nSPS) is 30.5. The van der Waals surface area contributed by atoms with Crippen LogP contribution < -0.4 is 5.73 Å².